The predicted octanol–water partition coefficient (Wildman–Crippen LogP) is 3.06. The summed E-state index contributed by atoms with van der Waals surface area (Å²) < 4.78 is 5.69. The highest BCUT2D eigenvalue weighted by Crippen LogP contribution is 2.25. The Morgan fingerprint density at radius 1 is 1.26 bits per heavy atom. The Bertz CT molecular complexity index is 415. The number of nitrogens with zero attached hydrogens (tertiary/aromatic N) is 2. The van der Waals surface area contributed by atoms with Gasteiger partial charge in [-0.25, -0.2) is 0 Å². The molecule has 0 unspecified atom stereocenters. The van der Waals surface area contributed by atoms with E-state index < -0.39 is 0 Å². The fourth-order valence-corrected chi connectivity index (χ4v) is 2.67. The molecular formula is C16H22N2O. The minimum absolute atomic E-state index is 0.672. The molecule has 0 aliphatic heterocycles. The summed E-state index contributed by atoms with van der Waals surface area (Å²) in [5.41, 5.74) is 0.672. The molecule has 2 rings (SSSR count). The molecule has 0 atom stereocenters. The summed E-state index contributed by atoms with van der Waals surface area (Å²) in [6.07, 6.45) is 5.59. The van der Waals surface area contributed by atoms with Gasteiger partial charge in [0, 0.05) is 13.1 Å². The van der Waals surface area contributed by atoms with Crippen LogP contribution in [-0.2, 0) is 0 Å². The third-order valence-corrected chi connectivity index (χ3v) is 3.77. The van der Waals surface area contributed by atoms with Gasteiger partial charge in [0.25, 0.3) is 0 Å². The summed E-state index contributed by atoms with van der Waals surface area (Å²) in [5.74, 6) is 1.73. The van der Waals surface area contributed by atoms with E-state index >= 15 is 0 Å². The second-order valence-electron chi connectivity index (χ2n) is 5.40. The Labute approximate surface area is 115 Å². The summed E-state index contributed by atoms with van der Waals surface area (Å²) in [6.45, 7) is 2.85. The van der Waals surface area contributed by atoms with Gasteiger partial charge in [0.1, 0.15) is 12.4 Å². The van der Waals surface area contributed by atoms with Crippen LogP contribution < -0.4 is 4.74 Å². The zero-order chi connectivity index (χ0) is 13.5. The molecule has 3 nitrogen and oxygen atoms in total. The molecule has 19 heavy (non-hydrogen) atoms. The Balaban J connectivity index is 1.66. The largest absolute Gasteiger partial charge is 0.492 e. The fourth-order valence-electron chi connectivity index (χ4n) is 2.67. The summed E-state index contributed by atoms with van der Waals surface area (Å²) in [6, 6.07) is 9.40. The maximum atomic E-state index is 8.72. The monoisotopic (exact) mass is 258 g/mol. The highest BCUT2D eigenvalue weighted by atomic mass is 16.5. The molecule has 0 spiro atoms. The highest BCUT2D eigenvalue weighted by molar-refractivity contribution is 5.34. The molecule has 0 heterocycles. The third-order valence-electron chi connectivity index (χ3n) is 3.77. The Morgan fingerprint density at radius 2 is 1.95 bits per heavy atom. The molecule has 0 saturated heterocycles. The second kappa shape index (κ2) is 7.16. The first-order valence-corrected chi connectivity index (χ1v) is 7.09. The predicted molar refractivity (Wildman–Crippen MR) is 76.1 cm³/mol. The molecule has 1 aliphatic carbocycles. The van der Waals surface area contributed by atoms with Gasteiger partial charge in [-0.2, -0.15) is 5.26 Å². The van der Waals surface area contributed by atoms with Crippen LogP contribution >= 0.6 is 0 Å². The van der Waals surface area contributed by atoms with Crippen molar-refractivity contribution in [2.24, 2.45) is 5.92 Å². The lowest BCUT2D eigenvalue weighted by molar-refractivity contribution is 0.215. The van der Waals surface area contributed by atoms with Crippen LogP contribution in [0.1, 0.15) is 31.2 Å². The number of benzene rings is 1. The van der Waals surface area contributed by atoms with E-state index in [4.69, 9.17) is 10.00 Å². The number of hydrogen-bond acceptors (Lipinski definition) is 3. The number of ether oxygens (including phenoxy) is 1. The zero-order valence-corrected chi connectivity index (χ0v) is 11.6. The lowest BCUT2D eigenvalue weighted by Crippen LogP contribution is -2.28. The van der Waals surface area contributed by atoms with Crippen molar-refractivity contribution in [3.05, 3.63) is 29.8 Å². The van der Waals surface area contributed by atoms with Gasteiger partial charge in [-0.3, -0.25) is 0 Å². The molecule has 0 bridgehead atoms. The first-order chi connectivity index (χ1) is 9.28. The van der Waals surface area contributed by atoms with Crippen LogP contribution in [0.15, 0.2) is 24.3 Å². The lowest BCUT2D eigenvalue weighted by atomic mass is 10.1. The minimum atomic E-state index is 0.672. The van der Waals surface area contributed by atoms with Crippen molar-refractivity contribution in [1.29, 1.82) is 5.26 Å². The van der Waals surface area contributed by atoms with Gasteiger partial charge < -0.3 is 9.64 Å². The minimum Gasteiger partial charge on any atom is -0.492 e. The molecule has 102 valence electrons. The van der Waals surface area contributed by atoms with Crippen molar-refractivity contribution in [3.63, 3.8) is 0 Å². The first kappa shape index (κ1) is 13.9. The average molecular weight is 258 g/mol. The maximum Gasteiger partial charge on any atom is 0.119 e. The summed E-state index contributed by atoms with van der Waals surface area (Å²) in [5, 5.41) is 8.72. The van der Waals surface area contributed by atoms with E-state index in [9.17, 15) is 0 Å². The van der Waals surface area contributed by atoms with Crippen LogP contribution in [0.3, 0.4) is 0 Å². The topological polar surface area (TPSA) is 36.3 Å². The molecule has 0 N–H and O–H groups in total. The maximum absolute atomic E-state index is 8.72. The smallest absolute Gasteiger partial charge is 0.119 e. The fraction of sp³-hybridized carbons (Fsp3) is 0.562. The van der Waals surface area contributed by atoms with E-state index in [-0.39, 0.29) is 0 Å². The summed E-state index contributed by atoms with van der Waals surface area (Å²) >= 11 is 0. The van der Waals surface area contributed by atoms with E-state index in [0.29, 0.717) is 12.2 Å². The number of rotatable bonds is 6. The van der Waals surface area contributed by atoms with Gasteiger partial charge in [0.15, 0.2) is 0 Å². The average Bonchev–Trinajstić information content (AvgIpc) is 2.92. The number of nitriles is 1. The van der Waals surface area contributed by atoms with Crippen LogP contribution in [0, 0.1) is 17.2 Å². The third kappa shape index (κ3) is 4.57. The molecule has 1 fully saturated rings. The van der Waals surface area contributed by atoms with Crippen molar-refractivity contribution in [1.82, 2.24) is 4.90 Å². The van der Waals surface area contributed by atoms with Crippen molar-refractivity contribution in [2.75, 3.05) is 26.7 Å². The molecule has 0 aromatic heterocycles. The van der Waals surface area contributed by atoms with E-state index in [0.717, 1.165) is 18.2 Å². The lowest BCUT2D eigenvalue weighted by Gasteiger charge is -2.20. The summed E-state index contributed by atoms with van der Waals surface area (Å²) in [4.78, 5) is 2.36. The Hall–Kier alpha value is -1.53. The van der Waals surface area contributed by atoms with E-state index in [2.05, 4.69) is 18.0 Å². The van der Waals surface area contributed by atoms with Gasteiger partial charge in [-0.1, -0.05) is 12.8 Å². The molecule has 1 aromatic rings. The van der Waals surface area contributed by atoms with E-state index in [1.165, 1.54) is 32.2 Å². The summed E-state index contributed by atoms with van der Waals surface area (Å²) in [7, 11) is 2.17. The van der Waals surface area contributed by atoms with Crippen LogP contribution in [0.25, 0.3) is 0 Å². The van der Waals surface area contributed by atoms with Crippen LogP contribution in [0.4, 0.5) is 0 Å². The van der Waals surface area contributed by atoms with Crippen LogP contribution in [0.2, 0.25) is 0 Å². The van der Waals surface area contributed by atoms with Crippen molar-refractivity contribution >= 4 is 0 Å². The molecule has 1 aliphatic rings. The van der Waals surface area contributed by atoms with Crippen LogP contribution in [0.5, 0.6) is 5.75 Å². The quantitative estimate of drug-likeness (QED) is 0.787. The molecule has 1 aromatic carbocycles. The van der Waals surface area contributed by atoms with Gasteiger partial charge in [-0.05, 0) is 50.1 Å². The van der Waals surface area contributed by atoms with E-state index in [1.54, 1.807) is 12.1 Å². The Kier molecular flexibility index (Phi) is 5.23. The standard InChI is InChI=1S/C16H22N2O/c1-18(13-15-4-2-3-5-15)10-11-19-16-8-6-14(12-17)7-9-16/h6-9,15H,2-5,10-11,13H2,1H3. The van der Waals surface area contributed by atoms with Gasteiger partial charge in [-0.15, -0.1) is 0 Å². The van der Waals surface area contributed by atoms with E-state index in [1.807, 2.05) is 12.1 Å². The van der Waals surface area contributed by atoms with Gasteiger partial charge in [0.2, 0.25) is 0 Å². The SMILES string of the molecule is CN(CCOc1ccc(C#N)cc1)CC1CCCC1. The number of hydrogen-bond donors (Lipinski definition) is 0. The van der Waals surface area contributed by atoms with Crippen molar-refractivity contribution in [3.8, 4) is 11.8 Å². The van der Waals surface area contributed by atoms with Gasteiger partial charge >= 0.3 is 0 Å². The Morgan fingerprint density at radius 3 is 2.58 bits per heavy atom. The molecular weight excluding hydrogens is 236 g/mol. The van der Waals surface area contributed by atoms with Crippen LogP contribution in [-0.4, -0.2) is 31.6 Å². The molecule has 1 saturated carbocycles. The molecule has 3 heteroatoms. The highest BCUT2D eigenvalue weighted by Gasteiger charge is 2.16. The normalized spacial score (nSPS) is 15.6. The number of likely N-dealkylation sites (N-methyl/N-ethyl adjacent to an activating group) is 1. The van der Waals surface area contributed by atoms with Crippen molar-refractivity contribution in [2.45, 2.75) is 25.7 Å². The second-order valence-corrected chi connectivity index (χ2v) is 5.40. The molecule has 0 amide bonds. The molecule has 0 radical (unpaired) electrons. The van der Waals surface area contributed by atoms with Crippen molar-refractivity contribution < 1.29 is 4.74 Å². The first-order valence-electron chi connectivity index (χ1n) is 7.09. The zero-order valence-electron chi connectivity index (χ0n) is 11.6. The van der Waals surface area contributed by atoms with Gasteiger partial charge in [0.05, 0.1) is 11.6 Å².